The summed E-state index contributed by atoms with van der Waals surface area (Å²) in [4.78, 5) is 4.71. The number of nitriles is 1. The first-order valence-electron chi connectivity index (χ1n) is 6.72. The fourth-order valence-electron chi connectivity index (χ4n) is 2.25. The molecular formula is C16H21N3. The van der Waals surface area contributed by atoms with Crippen LogP contribution in [0.2, 0.25) is 0 Å². The van der Waals surface area contributed by atoms with Gasteiger partial charge in [0.2, 0.25) is 0 Å². The largest absolute Gasteiger partial charge is 0.331 e. The highest BCUT2D eigenvalue weighted by Crippen LogP contribution is 2.26. The Balaban J connectivity index is 2.54. The Labute approximate surface area is 114 Å². The van der Waals surface area contributed by atoms with Crippen molar-refractivity contribution in [1.82, 2.24) is 9.55 Å². The van der Waals surface area contributed by atoms with Crippen LogP contribution in [0.1, 0.15) is 39.1 Å². The quantitative estimate of drug-likeness (QED) is 0.841. The molecule has 0 saturated heterocycles. The van der Waals surface area contributed by atoms with E-state index in [2.05, 4.69) is 37.6 Å². The standard InChI is InChI=1S/C16H21N3/c1-11(2)8-15-18-13-9-12(16(3,4)10-17)6-7-14(13)19(15)5/h6-7,9,11H,8H2,1-5H3. The normalized spacial score (nSPS) is 12.1. The highest BCUT2D eigenvalue weighted by molar-refractivity contribution is 5.77. The topological polar surface area (TPSA) is 41.6 Å². The Morgan fingerprint density at radius 3 is 2.63 bits per heavy atom. The lowest BCUT2D eigenvalue weighted by Crippen LogP contribution is -2.13. The van der Waals surface area contributed by atoms with Gasteiger partial charge in [0, 0.05) is 13.5 Å². The van der Waals surface area contributed by atoms with Gasteiger partial charge in [0.05, 0.1) is 22.5 Å². The fourth-order valence-corrected chi connectivity index (χ4v) is 2.25. The lowest BCUT2D eigenvalue weighted by Gasteiger charge is -2.15. The third-order valence-electron chi connectivity index (χ3n) is 3.57. The fraction of sp³-hybridized carbons (Fsp3) is 0.500. The molecule has 0 bridgehead atoms. The average Bonchev–Trinajstić information content (AvgIpc) is 2.65. The summed E-state index contributed by atoms with van der Waals surface area (Å²) >= 11 is 0. The Kier molecular flexibility index (Phi) is 3.36. The molecule has 0 aliphatic heterocycles. The van der Waals surface area contributed by atoms with Crippen LogP contribution >= 0.6 is 0 Å². The first-order valence-corrected chi connectivity index (χ1v) is 6.72. The van der Waals surface area contributed by atoms with Crippen LogP contribution in [-0.4, -0.2) is 9.55 Å². The van der Waals surface area contributed by atoms with Gasteiger partial charge in [-0.25, -0.2) is 4.98 Å². The van der Waals surface area contributed by atoms with E-state index in [1.807, 2.05) is 26.0 Å². The lowest BCUT2D eigenvalue weighted by molar-refractivity contribution is 0.606. The van der Waals surface area contributed by atoms with Crippen LogP contribution in [0.5, 0.6) is 0 Å². The molecule has 2 rings (SSSR count). The maximum Gasteiger partial charge on any atom is 0.109 e. The van der Waals surface area contributed by atoms with E-state index in [4.69, 9.17) is 4.98 Å². The van der Waals surface area contributed by atoms with E-state index >= 15 is 0 Å². The van der Waals surface area contributed by atoms with Crippen molar-refractivity contribution < 1.29 is 0 Å². The molecule has 19 heavy (non-hydrogen) atoms. The van der Waals surface area contributed by atoms with Crippen molar-refractivity contribution in [2.45, 2.75) is 39.5 Å². The van der Waals surface area contributed by atoms with Gasteiger partial charge in [-0.2, -0.15) is 5.26 Å². The van der Waals surface area contributed by atoms with Crippen LogP contribution in [0.25, 0.3) is 11.0 Å². The van der Waals surface area contributed by atoms with Crippen molar-refractivity contribution in [2.75, 3.05) is 0 Å². The minimum Gasteiger partial charge on any atom is -0.331 e. The summed E-state index contributed by atoms with van der Waals surface area (Å²) in [6, 6.07) is 8.49. The summed E-state index contributed by atoms with van der Waals surface area (Å²) in [5.74, 6) is 1.70. The number of nitrogens with zero attached hydrogens (tertiary/aromatic N) is 3. The third-order valence-corrected chi connectivity index (χ3v) is 3.57. The highest BCUT2D eigenvalue weighted by atomic mass is 15.1. The van der Waals surface area contributed by atoms with E-state index < -0.39 is 5.41 Å². The second-order valence-corrected chi connectivity index (χ2v) is 6.13. The third kappa shape index (κ3) is 2.49. The minimum atomic E-state index is -0.468. The van der Waals surface area contributed by atoms with Crippen molar-refractivity contribution in [2.24, 2.45) is 13.0 Å². The molecule has 1 heterocycles. The molecule has 3 nitrogen and oxygen atoms in total. The van der Waals surface area contributed by atoms with E-state index in [0.29, 0.717) is 5.92 Å². The molecule has 100 valence electrons. The predicted molar refractivity (Wildman–Crippen MR) is 77.9 cm³/mol. The maximum atomic E-state index is 9.22. The molecule has 0 amide bonds. The van der Waals surface area contributed by atoms with Crippen molar-refractivity contribution in [3.05, 3.63) is 29.6 Å². The molecule has 0 atom stereocenters. The van der Waals surface area contributed by atoms with Gasteiger partial charge in [-0.3, -0.25) is 0 Å². The molecule has 1 aromatic heterocycles. The Hall–Kier alpha value is -1.82. The zero-order chi connectivity index (χ0) is 14.2. The number of aromatic nitrogens is 2. The molecular weight excluding hydrogens is 234 g/mol. The van der Waals surface area contributed by atoms with Crippen LogP contribution in [0.4, 0.5) is 0 Å². The summed E-state index contributed by atoms with van der Waals surface area (Å²) < 4.78 is 2.15. The number of rotatable bonds is 3. The monoisotopic (exact) mass is 255 g/mol. The molecule has 0 saturated carbocycles. The Morgan fingerprint density at radius 2 is 2.05 bits per heavy atom. The molecule has 0 radical (unpaired) electrons. The van der Waals surface area contributed by atoms with Gasteiger partial charge in [0.15, 0.2) is 0 Å². The molecule has 3 heteroatoms. The highest BCUT2D eigenvalue weighted by Gasteiger charge is 2.21. The Bertz CT molecular complexity index is 642. The molecule has 0 aliphatic carbocycles. The zero-order valence-corrected chi connectivity index (χ0v) is 12.4. The van der Waals surface area contributed by atoms with E-state index in [0.717, 1.165) is 28.8 Å². The van der Waals surface area contributed by atoms with Crippen molar-refractivity contribution in [3.63, 3.8) is 0 Å². The number of fused-ring (bicyclic) bond motifs is 1. The van der Waals surface area contributed by atoms with Crippen LogP contribution < -0.4 is 0 Å². The summed E-state index contributed by atoms with van der Waals surface area (Å²) in [5.41, 5.74) is 2.67. The average molecular weight is 255 g/mol. The van der Waals surface area contributed by atoms with E-state index in [1.165, 1.54) is 0 Å². The summed E-state index contributed by atoms with van der Waals surface area (Å²) in [7, 11) is 2.06. The van der Waals surface area contributed by atoms with Gasteiger partial charge in [-0.15, -0.1) is 0 Å². The first kappa shape index (κ1) is 13.6. The van der Waals surface area contributed by atoms with Crippen molar-refractivity contribution in [1.29, 1.82) is 5.26 Å². The number of imidazole rings is 1. The Morgan fingerprint density at radius 1 is 1.37 bits per heavy atom. The first-order chi connectivity index (χ1) is 8.85. The molecule has 0 N–H and O–H groups in total. The van der Waals surface area contributed by atoms with Gasteiger partial charge in [0.25, 0.3) is 0 Å². The number of hydrogen-bond acceptors (Lipinski definition) is 2. The summed E-state index contributed by atoms with van der Waals surface area (Å²) in [5, 5.41) is 9.22. The van der Waals surface area contributed by atoms with Gasteiger partial charge in [-0.1, -0.05) is 19.9 Å². The molecule has 1 aromatic carbocycles. The minimum absolute atomic E-state index is 0.468. The van der Waals surface area contributed by atoms with Gasteiger partial charge >= 0.3 is 0 Å². The summed E-state index contributed by atoms with van der Waals surface area (Å²) in [6.45, 7) is 8.27. The van der Waals surface area contributed by atoms with Crippen LogP contribution in [-0.2, 0) is 18.9 Å². The van der Waals surface area contributed by atoms with Crippen molar-refractivity contribution >= 4 is 11.0 Å². The molecule has 0 spiro atoms. The van der Waals surface area contributed by atoms with E-state index in [9.17, 15) is 5.26 Å². The number of aryl methyl sites for hydroxylation is 1. The summed E-state index contributed by atoms with van der Waals surface area (Å²) in [6.07, 6.45) is 0.974. The van der Waals surface area contributed by atoms with Crippen LogP contribution in [0.3, 0.4) is 0 Å². The van der Waals surface area contributed by atoms with Gasteiger partial charge < -0.3 is 4.57 Å². The smallest absolute Gasteiger partial charge is 0.109 e. The van der Waals surface area contributed by atoms with Gasteiger partial charge in [0.1, 0.15) is 5.82 Å². The molecule has 2 aromatic rings. The SMILES string of the molecule is CC(C)Cc1nc2cc(C(C)(C)C#N)ccc2n1C. The zero-order valence-electron chi connectivity index (χ0n) is 12.4. The molecule has 0 unspecified atom stereocenters. The van der Waals surface area contributed by atoms with E-state index in [-0.39, 0.29) is 0 Å². The molecule has 0 aliphatic rings. The second kappa shape index (κ2) is 4.70. The van der Waals surface area contributed by atoms with E-state index in [1.54, 1.807) is 0 Å². The number of benzene rings is 1. The second-order valence-electron chi connectivity index (χ2n) is 6.13. The number of hydrogen-bond donors (Lipinski definition) is 0. The predicted octanol–water partition coefficient (Wildman–Crippen LogP) is 3.57. The van der Waals surface area contributed by atoms with Crippen LogP contribution in [0, 0.1) is 17.2 Å². The van der Waals surface area contributed by atoms with Gasteiger partial charge in [-0.05, 0) is 37.5 Å². The van der Waals surface area contributed by atoms with Crippen molar-refractivity contribution in [3.8, 4) is 6.07 Å². The maximum absolute atomic E-state index is 9.22. The lowest BCUT2D eigenvalue weighted by atomic mass is 9.86. The van der Waals surface area contributed by atoms with Crippen LogP contribution in [0.15, 0.2) is 18.2 Å². The molecule has 0 fully saturated rings.